The van der Waals surface area contributed by atoms with Crippen LogP contribution in [0.1, 0.15) is 76.3 Å². The Balaban J connectivity index is 1.05. The average Bonchev–Trinajstić information content (AvgIpc) is 3.58. The highest BCUT2D eigenvalue weighted by atomic mass is 16.5. The van der Waals surface area contributed by atoms with Crippen LogP contribution in [0, 0.1) is 13.8 Å². The van der Waals surface area contributed by atoms with Gasteiger partial charge in [0, 0.05) is 22.3 Å². The van der Waals surface area contributed by atoms with E-state index < -0.39 is 0 Å². The van der Waals surface area contributed by atoms with Crippen LogP contribution < -0.4 is 9.47 Å². The fourth-order valence-electron chi connectivity index (χ4n) is 10.3. The van der Waals surface area contributed by atoms with Crippen molar-refractivity contribution in [3.05, 3.63) is 242 Å². The predicted molar refractivity (Wildman–Crippen MR) is 329 cm³/mol. The Hall–Kier alpha value is -8.60. The number of ether oxygens (including phenoxy) is 2. The number of aryl methyl sites for hydroxylation is 2. The number of nitrogens with zero attached hydrogens (tertiary/aromatic N) is 2. The molecule has 0 aliphatic rings. The van der Waals surface area contributed by atoms with Gasteiger partial charge in [-0.15, -0.1) is 10.2 Å². The molecule has 0 atom stereocenters. The van der Waals surface area contributed by atoms with Gasteiger partial charge in [-0.2, -0.15) is 0 Å². The van der Waals surface area contributed by atoms with Crippen molar-refractivity contribution in [2.24, 2.45) is 10.2 Å². The van der Waals surface area contributed by atoms with Gasteiger partial charge in [-0.05, 0) is 153 Å². The number of hydrogen-bond acceptors (Lipinski definition) is 4. The van der Waals surface area contributed by atoms with Crippen molar-refractivity contribution >= 4 is 11.4 Å². The fraction of sp³-hybridized carbons (Fsp3) is 0.189. The van der Waals surface area contributed by atoms with Crippen molar-refractivity contribution in [1.29, 1.82) is 0 Å². The third-order valence-electron chi connectivity index (χ3n) is 14.7. The highest BCUT2D eigenvalue weighted by Crippen LogP contribution is 2.46. The van der Waals surface area contributed by atoms with Gasteiger partial charge in [0.2, 0.25) is 0 Å². The Kier molecular flexibility index (Phi) is 17.6. The third kappa shape index (κ3) is 13.1. The standard InChI is InChI=1S/C74H70N2O2/c1-5-7-9-17-47-77-67-43-39-61(40-44-67)59-27-35-65(36-28-59)71-51-53(3)49-69(63-31-23-57(24-32-63)55-19-13-11-14-20-55)73(71)75-76-74-70(64-33-25-58(26-34-64)56-21-15-12-16-22-56)50-54(4)52-72(74)66-37-29-60(30-38-66)62-41-45-68(46-42-62)78-48-18-10-8-6-2/h11-16,19-46,49-52H,5-10,17-18,47-48H2,1-4H3. The van der Waals surface area contributed by atoms with E-state index in [9.17, 15) is 0 Å². The summed E-state index contributed by atoms with van der Waals surface area (Å²) in [7, 11) is 0. The maximum absolute atomic E-state index is 6.09. The molecule has 10 aromatic rings. The quantitative estimate of drug-likeness (QED) is 0.0501. The highest BCUT2D eigenvalue weighted by molar-refractivity contribution is 5.93. The second-order valence-electron chi connectivity index (χ2n) is 20.5. The molecule has 0 aliphatic heterocycles. The summed E-state index contributed by atoms with van der Waals surface area (Å²) in [5, 5.41) is 10.9. The Bertz CT molecular complexity index is 3290. The third-order valence-corrected chi connectivity index (χ3v) is 14.7. The van der Waals surface area contributed by atoms with E-state index in [-0.39, 0.29) is 0 Å². The number of rotatable bonds is 22. The summed E-state index contributed by atoms with van der Waals surface area (Å²) < 4.78 is 12.2. The van der Waals surface area contributed by atoms with Gasteiger partial charge in [-0.1, -0.05) is 234 Å². The van der Waals surface area contributed by atoms with E-state index in [4.69, 9.17) is 19.7 Å². The Morgan fingerprint density at radius 3 is 0.782 bits per heavy atom. The minimum atomic E-state index is 0.746. The summed E-state index contributed by atoms with van der Waals surface area (Å²) in [5.41, 5.74) is 21.5. The number of hydrogen-bond donors (Lipinski definition) is 0. The number of azo groups is 1. The molecule has 10 aromatic carbocycles. The van der Waals surface area contributed by atoms with Crippen LogP contribution in [0.25, 0.3) is 89.0 Å². The molecule has 0 aliphatic carbocycles. The molecule has 0 bridgehead atoms. The SMILES string of the molecule is CCCCCCOc1ccc(-c2ccc(-c3cc(C)cc(-c4ccc(-c5ccccc5)cc4)c3N=Nc3c(-c4ccc(-c5ccccc5)cc4)cc(C)cc3-c3ccc(-c4ccc(OCCCCCC)cc4)cc3)cc2)cc1. The zero-order valence-corrected chi connectivity index (χ0v) is 45.7. The molecule has 0 unspecified atom stereocenters. The average molecular weight is 1020 g/mol. The van der Waals surface area contributed by atoms with Crippen molar-refractivity contribution in [1.82, 2.24) is 0 Å². The summed E-state index contributed by atoms with van der Waals surface area (Å²) in [5.74, 6) is 1.82. The Morgan fingerprint density at radius 1 is 0.269 bits per heavy atom. The van der Waals surface area contributed by atoms with Gasteiger partial charge < -0.3 is 9.47 Å². The lowest BCUT2D eigenvalue weighted by Gasteiger charge is -2.17. The van der Waals surface area contributed by atoms with Crippen molar-refractivity contribution in [2.75, 3.05) is 13.2 Å². The first kappa shape index (κ1) is 52.8. The van der Waals surface area contributed by atoms with Crippen molar-refractivity contribution in [3.8, 4) is 101 Å². The van der Waals surface area contributed by atoms with Crippen LogP contribution in [0.2, 0.25) is 0 Å². The second-order valence-corrected chi connectivity index (χ2v) is 20.5. The van der Waals surface area contributed by atoms with Crippen LogP contribution in [0.4, 0.5) is 11.4 Å². The van der Waals surface area contributed by atoms with Gasteiger partial charge in [0.25, 0.3) is 0 Å². The lowest BCUT2D eigenvalue weighted by atomic mass is 9.92. The molecule has 4 heteroatoms. The molecule has 0 spiro atoms. The molecule has 0 saturated carbocycles. The molecule has 10 rings (SSSR count). The van der Waals surface area contributed by atoms with Crippen molar-refractivity contribution in [3.63, 3.8) is 0 Å². The van der Waals surface area contributed by atoms with Crippen LogP contribution in [0.3, 0.4) is 0 Å². The Labute approximate surface area is 463 Å². The molecule has 0 fully saturated rings. The number of unbranched alkanes of at least 4 members (excludes halogenated alkanes) is 6. The zero-order chi connectivity index (χ0) is 53.5. The van der Waals surface area contributed by atoms with Gasteiger partial charge in [-0.25, -0.2) is 0 Å². The zero-order valence-electron chi connectivity index (χ0n) is 45.7. The first-order valence-electron chi connectivity index (χ1n) is 28.1. The molecule has 4 nitrogen and oxygen atoms in total. The van der Waals surface area contributed by atoms with Crippen molar-refractivity contribution < 1.29 is 9.47 Å². The van der Waals surface area contributed by atoms with Gasteiger partial charge in [0.1, 0.15) is 22.9 Å². The molecular weight excluding hydrogens is 949 g/mol. The van der Waals surface area contributed by atoms with E-state index in [0.29, 0.717) is 0 Å². The van der Waals surface area contributed by atoms with Crippen LogP contribution >= 0.6 is 0 Å². The molecule has 0 amide bonds. The summed E-state index contributed by atoms with van der Waals surface area (Å²) in [6.45, 7) is 10.3. The summed E-state index contributed by atoms with van der Waals surface area (Å²) in [4.78, 5) is 0. The van der Waals surface area contributed by atoms with E-state index in [1.165, 1.54) is 49.7 Å². The molecule has 0 heterocycles. The molecule has 0 aromatic heterocycles. The normalized spacial score (nSPS) is 11.3. The van der Waals surface area contributed by atoms with Gasteiger partial charge >= 0.3 is 0 Å². The minimum absolute atomic E-state index is 0.746. The minimum Gasteiger partial charge on any atom is -0.494 e. The summed E-state index contributed by atoms with van der Waals surface area (Å²) >= 11 is 0. The van der Waals surface area contributed by atoms with Crippen LogP contribution in [0.15, 0.2) is 241 Å². The largest absolute Gasteiger partial charge is 0.494 e. The lowest BCUT2D eigenvalue weighted by molar-refractivity contribution is 0.305. The van der Waals surface area contributed by atoms with Crippen LogP contribution in [-0.4, -0.2) is 13.2 Å². The van der Waals surface area contributed by atoms with Gasteiger partial charge in [-0.3, -0.25) is 0 Å². The maximum atomic E-state index is 6.09. The molecule has 0 saturated heterocycles. The molecule has 388 valence electrons. The van der Waals surface area contributed by atoms with E-state index in [2.05, 4.69) is 258 Å². The summed E-state index contributed by atoms with van der Waals surface area (Å²) in [6.07, 6.45) is 9.49. The number of benzene rings is 10. The van der Waals surface area contributed by atoms with E-state index >= 15 is 0 Å². The van der Waals surface area contributed by atoms with Crippen LogP contribution in [-0.2, 0) is 0 Å². The van der Waals surface area contributed by atoms with Gasteiger partial charge in [0.05, 0.1) is 13.2 Å². The summed E-state index contributed by atoms with van der Waals surface area (Å²) in [6, 6.07) is 82.5. The molecule has 0 N–H and O–H groups in total. The highest BCUT2D eigenvalue weighted by Gasteiger charge is 2.19. The molecule has 0 radical (unpaired) electrons. The maximum Gasteiger partial charge on any atom is 0.119 e. The van der Waals surface area contributed by atoms with Crippen LogP contribution in [0.5, 0.6) is 11.5 Å². The predicted octanol–water partition coefficient (Wildman–Crippen LogP) is 22.0. The molecule has 78 heavy (non-hydrogen) atoms. The first-order valence-corrected chi connectivity index (χ1v) is 28.1. The van der Waals surface area contributed by atoms with E-state index in [1.807, 2.05) is 0 Å². The fourth-order valence-corrected chi connectivity index (χ4v) is 10.3. The van der Waals surface area contributed by atoms with Gasteiger partial charge in [0.15, 0.2) is 0 Å². The monoisotopic (exact) mass is 1020 g/mol. The van der Waals surface area contributed by atoms with E-state index in [0.717, 1.165) is 138 Å². The smallest absolute Gasteiger partial charge is 0.119 e. The first-order chi connectivity index (χ1) is 38.4. The van der Waals surface area contributed by atoms with Crippen molar-refractivity contribution in [2.45, 2.75) is 79.1 Å². The van der Waals surface area contributed by atoms with E-state index in [1.54, 1.807) is 0 Å². The lowest BCUT2D eigenvalue weighted by Crippen LogP contribution is -1.96. The topological polar surface area (TPSA) is 43.2 Å². The second kappa shape index (κ2) is 26.0. The molecular formula is C74H70N2O2. The Morgan fingerprint density at radius 2 is 0.513 bits per heavy atom.